The van der Waals surface area contributed by atoms with Gasteiger partial charge >= 0.3 is 6.18 Å². The van der Waals surface area contributed by atoms with Gasteiger partial charge in [0.05, 0.1) is 5.56 Å². The lowest BCUT2D eigenvalue weighted by Crippen LogP contribution is -2.15. The topological polar surface area (TPSA) is 12.0 Å². The molecule has 1 atom stereocenters. The van der Waals surface area contributed by atoms with Crippen molar-refractivity contribution in [3.8, 4) is 0 Å². The Balaban J connectivity index is 2.92. The van der Waals surface area contributed by atoms with E-state index in [-0.39, 0.29) is 5.69 Å². The largest absolute Gasteiger partial charge is 0.418 e. The molecular formula is C12H15BrF3N. The van der Waals surface area contributed by atoms with Crippen LogP contribution in [0.3, 0.4) is 0 Å². The highest BCUT2D eigenvalue weighted by atomic mass is 79.9. The number of hydrogen-bond donors (Lipinski definition) is 1. The zero-order valence-electron chi connectivity index (χ0n) is 9.74. The summed E-state index contributed by atoms with van der Waals surface area (Å²) in [6.45, 7) is 4.55. The molecule has 1 nitrogen and oxygen atoms in total. The molecule has 1 aromatic carbocycles. The predicted molar refractivity (Wildman–Crippen MR) is 67.1 cm³/mol. The fourth-order valence-electron chi connectivity index (χ4n) is 1.34. The zero-order chi connectivity index (χ0) is 13.1. The molecule has 0 aliphatic heterocycles. The van der Waals surface area contributed by atoms with Gasteiger partial charge in [-0.3, -0.25) is 0 Å². The number of hydrogen-bond acceptors (Lipinski definition) is 1. The first-order chi connectivity index (χ1) is 7.84. The monoisotopic (exact) mass is 309 g/mol. The van der Waals surface area contributed by atoms with Crippen LogP contribution in [0.15, 0.2) is 22.7 Å². The molecule has 1 unspecified atom stereocenters. The number of rotatable bonds is 4. The maximum atomic E-state index is 12.7. The van der Waals surface area contributed by atoms with E-state index in [0.29, 0.717) is 16.9 Å². The van der Waals surface area contributed by atoms with Gasteiger partial charge in [-0.2, -0.15) is 13.2 Å². The molecule has 0 amide bonds. The quantitative estimate of drug-likeness (QED) is 0.832. The van der Waals surface area contributed by atoms with Crippen LogP contribution in [0.4, 0.5) is 18.9 Å². The van der Waals surface area contributed by atoms with Crippen molar-refractivity contribution in [2.24, 2.45) is 5.92 Å². The first-order valence-corrected chi connectivity index (χ1v) is 6.24. The Morgan fingerprint density at radius 3 is 2.53 bits per heavy atom. The van der Waals surface area contributed by atoms with Crippen LogP contribution >= 0.6 is 15.9 Å². The summed E-state index contributed by atoms with van der Waals surface area (Å²) in [7, 11) is 0. The first-order valence-electron chi connectivity index (χ1n) is 5.45. The summed E-state index contributed by atoms with van der Waals surface area (Å²) in [5.41, 5.74) is -0.490. The third kappa shape index (κ3) is 4.22. The van der Waals surface area contributed by atoms with E-state index in [0.717, 1.165) is 12.5 Å². The Hall–Kier alpha value is -0.710. The van der Waals surface area contributed by atoms with E-state index < -0.39 is 11.7 Å². The summed E-state index contributed by atoms with van der Waals surface area (Å²) in [6, 6.07) is 3.95. The lowest BCUT2D eigenvalue weighted by molar-refractivity contribution is -0.137. The van der Waals surface area contributed by atoms with E-state index in [1.54, 1.807) is 0 Å². The van der Waals surface area contributed by atoms with Gasteiger partial charge in [-0.05, 0) is 24.1 Å². The van der Waals surface area contributed by atoms with Gasteiger partial charge in [-0.1, -0.05) is 36.2 Å². The van der Waals surface area contributed by atoms with Crippen molar-refractivity contribution in [2.45, 2.75) is 26.4 Å². The van der Waals surface area contributed by atoms with Crippen molar-refractivity contribution in [2.75, 3.05) is 11.9 Å². The summed E-state index contributed by atoms with van der Waals surface area (Å²) >= 11 is 3.18. The van der Waals surface area contributed by atoms with E-state index in [1.165, 1.54) is 12.1 Å². The maximum Gasteiger partial charge on any atom is 0.418 e. The van der Waals surface area contributed by atoms with E-state index in [9.17, 15) is 13.2 Å². The van der Waals surface area contributed by atoms with Gasteiger partial charge in [0.25, 0.3) is 0 Å². The van der Waals surface area contributed by atoms with Crippen LogP contribution in [0.1, 0.15) is 25.8 Å². The molecule has 1 aromatic rings. The van der Waals surface area contributed by atoms with E-state index in [2.05, 4.69) is 21.2 Å². The second-order valence-electron chi connectivity index (χ2n) is 4.08. The third-order valence-corrected chi connectivity index (χ3v) is 3.12. The minimum Gasteiger partial charge on any atom is -0.384 e. The highest BCUT2D eigenvalue weighted by molar-refractivity contribution is 9.10. The van der Waals surface area contributed by atoms with Crippen molar-refractivity contribution in [3.63, 3.8) is 0 Å². The molecule has 1 rings (SSSR count). The molecule has 96 valence electrons. The van der Waals surface area contributed by atoms with Crippen LogP contribution in [-0.4, -0.2) is 6.54 Å². The second kappa shape index (κ2) is 5.76. The highest BCUT2D eigenvalue weighted by Gasteiger charge is 2.33. The molecule has 0 bridgehead atoms. The maximum absolute atomic E-state index is 12.7. The van der Waals surface area contributed by atoms with Gasteiger partial charge in [0.2, 0.25) is 0 Å². The Kier molecular flexibility index (Phi) is 4.86. The number of nitrogens with one attached hydrogen (secondary N) is 1. The Morgan fingerprint density at radius 1 is 1.35 bits per heavy atom. The summed E-state index contributed by atoms with van der Waals surface area (Å²) in [6.07, 6.45) is -3.39. The minimum atomic E-state index is -4.32. The van der Waals surface area contributed by atoms with Crippen LogP contribution in [0.25, 0.3) is 0 Å². The molecular weight excluding hydrogens is 295 g/mol. The molecule has 17 heavy (non-hydrogen) atoms. The minimum absolute atomic E-state index is 0.132. The van der Waals surface area contributed by atoms with E-state index in [1.807, 2.05) is 13.8 Å². The van der Waals surface area contributed by atoms with Crippen LogP contribution in [-0.2, 0) is 6.18 Å². The molecule has 0 spiro atoms. The van der Waals surface area contributed by atoms with Gasteiger partial charge < -0.3 is 5.32 Å². The Bertz CT molecular complexity index is 377. The molecule has 0 aromatic heterocycles. The van der Waals surface area contributed by atoms with Crippen molar-refractivity contribution >= 4 is 21.6 Å². The molecule has 0 heterocycles. The van der Waals surface area contributed by atoms with E-state index in [4.69, 9.17) is 0 Å². The second-order valence-corrected chi connectivity index (χ2v) is 5.00. The lowest BCUT2D eigenvalue weighted by atomic mass is 10.1. The van der Waals surface area contributed by atoms with Crippen LogP contribution in [0.5, 0.6) is 0 Å². The number of anilines is 1. The van der Waals surface area contributed by atoms with Gasteiger partial charge in [-0.25, -0.2) is 0 Å². The van der Waals surface area contributed by atoms with Crippen LogP contribution in [0, 0.1) is 5.92 Å². The molecule has 0 aliphatic rings. The molecule has 0 saturated carbocycles. The third-order valence-electron chi connectivity index (χ3n) is 2.62. The van der Waals surface area contributed by atoms with Crippen molar-refractivity contribution in [3.05, 3.63) is 28.2 Å². The Labute approximate surface area is 108 Å². The van der Waals surface area contributed by atoms with Gasteiger partial charge in [-0.15, -0.1) is 0 Å². The predicted octanol–water partition coefficient (Wildman–Crippen LogP) is 4.93. The normalized spacial score (nSPS) is 13.5. The summed E-state index contributed by atoms with van der Waals surface area (Å²) in [5.74, 6) is 0.343. The summed E-state index contributed by atoms with van der Waals surface area (Å²) < 4.78 is 38.8. The molecule has 0 saturated heterocycles. The van der Waals surface area contributed by atoms with Gasteiger partial charge in [0.15, 0.2) is 0 Å². The highest BCUT2D eigenvalue weighted by Crippen LogP contribution is 2.36. The molecule has 5 heteroatoms. The average Bonchev–Trinajstić information content (AvgIpc) is 2.24. The van der Waals surface area contributed by atoms with Gasteiger partial charge in [0.1, 0.15) is 0 Å². The number of halogens is 4. The average molecular weight is 310 g/mol. The van der Waals surface area contributed by atoms with Gasteiger partial charge in [0, 0.05) is 16.7 Å². The first kappa shape index (κ1) is 14.4. The standard InChI is InChI=1S/C12H15BrF3N/c1-3-8(2)7-17-11-6-9(13)4-5-10(11)12(14,15)16/h4-6,8,17H,3,7H2,1-2H3. The van der Waals surface area contributed by atoms with Crippen LogP contribution in [0.2, 0.25) is 0 Å². The summed E-state index contributed by atoms with van der Waals surface area (Å²) in [4.78, 5) is 0. The van der Waals surface area contributed by atoms with Crippen LogP contribution < -0.4 is 5.32 Å². The van der Waals surface area contributed by atoms with Crippen molar-refractivity contribution < 1.29 is 13.2 Å². The molecule has 1 N–H and O–H groups in total. The molecule has 0 aliphatic carbocycles. The molecule has 0 radical (unpaired) electrons. The summed E-state index contributed by atoms with van der Waals surface area (Å²) in [5, 5.41) is 2.86. The lowest BCUT2D eigenvalue weighted by Gasteiger charge is -2.17. The number of alkyl halides is 3. The Morgan fingerprint density at radius 2 is 2.00 bits per heavy atom. The smallest absolute Gasteiger partial charge is 0.384 e. The number of benzene rings is 1. The zero-order valence-corrected chi connectivity index (χ0v) is 11.3. The SMILES string of the molecule is CCC(C)CNc1cc(Br)ccc1C(F)(F)F. The van der Waals surface area contributed by atoms with Crippen molar-refractivity contribution in [1.82, 2.24) is 0 Å². The molecule has 0 fully saturated rings. The fraction of sp³-hybridized carbons (Fsp3) is 0.500. The van der Waals surface area contributed by atoms with E-state index >= 15 is 0 Å². The van der Waals surface area contributed by atoms with Crippen molar-refractivity contribution in [1.29, 1.82) is 0 Å². The fourth-order valence-corrected chi connectivity index (χ4v) is 1.70.